The smallest absolute Gasteiger partial charge is 0.232 e. The number of aryl methyl sites for hydroxylation is 1. The number of halogens is 6. The average molecular weight is 318 g/mol. The van der Waals surface area contributed by atoms with Crippen molar-refractivity contribution in [3.63, 3.8) is 0 Å². The molecule has 1 aromatic carbocycles. The number of alkyl halides is 3. The van der Waals surface area contributed by atoms with Gasteiger partial charge in [-0.1, -0.05) is 11.6 Å². The van der Waals surface area contributed by atoms with E-state index in [1.807, 2.05) is 0 Å². The molecule has 1 rings (SSSR count). The number of aliphatic imine (C=N–C) groups is 1. The summed E-state index contributed by atoms with van der Waals surface area (Å²) < 4.78 is 49.5. The highest BCUT2D eigenvalue weighted by molar-refractivity contribution is 9.10. The van der Waals surface area contributed by atoms with Crippen molar-refractivity contribution in [3.8, 4) is 0 Å². The second kappa shape index (κ2) is 4.71. The number of hydrogen-bond acceptors (Lipinski definition) is 1. The van der Waals surface area contributed by atoms with E-state index in [4.69, 9.17) is 11.6 Å². The van der Waals surface area contributed by atoms with E-state index in [0.717, 1.165) is 6.07 Å². The van der Waals surface area contributed by atoms with Gasteiger partial charge in [0.05, 0.1) is 10.2 Å². The molecule has 0 atom stereocenters. The first-order valence-corrected chi connectivity index (χ1v) is 5.16. The molecule has 1 nitrogen and oxygen atoms in total. The summed E-state index contributed by atoms with van der Waals surface area (Å²) in [6.07, 6.45) is -4.72. The van der Waals surface area contributed by atoms with E-state index in [-0.39, 0.29) is 10.2 Å². The van der Waals surface area contributed by atoms with Crippen LogP contribution in [0.4, 0.5) is 23.2 Å². The summed E-state index contributed by atoms with van der Waals surface area (Å²) in [5, 5.41) is -1.53. The Hall–Kier alpha value is -0.620. The normalized spacial score (nSPS) is 13.1. The van der Waals surface area contributed by atoms with Crippen LogP contribution in [0.2, 0.25) is 0 Å². The van der Waals surface area contributed by atoms with E-state index in [1.165, 1.54) is 13.0 Å². The molecular formula is C9H5BrClF4N. The SMILES string of the molecule is Cc1cc(Br)c(F)cc1N=C(Cl)C(F)(F)F. The fourth-order valence-corrected chi connectivity index (χ4v) is 1.47. The van der Waals surface area contributed by atoms with Crippen molar-refractivity contribution in [2.45, 2.75) is 13.1 Å². The molecule has 0 bridgehead atoms. The Morgan fingerprint density at radius 1 is 1.38 bits per heavy atom. The first kappa shape index (κ1) is 13.4. The second-order valence-electron chi connectivity index (χ2n) is 2.95. The zero-order chi connectivity index (χ0) is 12.5. The van der Waals surface area contributed by atoms with Crippen molar-refractivity contribution in [3.05, 3.63) is 28.0 Å². The van der Waals surface area contributed by atoms with Crippen molar-refractivity contribution in [2.24, 2.45) is 4.99 Å². The van der Waals surface area contributed by atoms with Crippen LogP contribution in [-0.2, 0) is 0 Å². The van der Waals surface area contributed by atoms with Gasteiger partial charge in [0.15, 0.2) is 0 Å². The molecule has 0 aliphatic heterocycles. The minimum atomic E-state index is -4.72. The molecule has 0 saturated carbocycles. The van der Waals surface area contributed by atoms with Gasteiger partial charge in [-0.3, -0.25) is 0 Å². The van der Waals surface area contributed by atoms with Gasteiger partial charge in [0.2, 0.25) is 5.17 Å². The summed E-state index contributed by atoms with van der Waals surface area (Å²) >= 11 is 7.85. The molecule has 0 radical (unpaired) electrons. The summed E-state index contributed by atoms with van der Waals surface area (Å²) in [7, 11) is 0. The van der Waals surface area contributed by atoms with Gasteiger partial charge in [0.1, 0.15) is 5.82 Å². The van der Waals surface area contributed by atoms with Crippen LogP contribution in [0.3, 0.4) is 0 Å². The molecule has 0 aliphatic rings. The van der Waals surface area contributed by atoms with Crippen LogP contribution < -0.4 is 0 Å². The zero-order valence-electron chi connectivity index (χ0n) is 7.87. The van der Waals surface area contributed by atoms with E-state index in [9.17, 15) is 17.6 Å². The van der Waals surface area contributed by atoms with E-state index in [1.54, 1.807) is 0 Å². The molecule has 0 saturated heterocycles. The molecule has 7 heteroatoms. The molecule has 16 heavy (non-hydrogen) atoms. The van der Waals surface area contributed by atoms with Crippen molar-refractivity contribution < 1.29 is 17.6 Å². The monoisotopic (exact) mass is 317 g/mol. The Morgan fingerprint density at radius 3 is 2.44 bits per heavy atom. The minimum Gasteiger partial charge on any atom is -0.232 e. The maximum Gasteiger partial charge on any atom is 0.444 e. The van der Waals surface area contributed by atoms with E-state index < -0.39 is 17.2 Å². The maximum absolute atomic E-state index is 13.1. The van der Waals surface area contributed by atoms with Crippen molar-refractivity contribution in [1.29, 1.82) is 0 Å². The van der Waals surface area contributed by atoms with Crippen LogP contribution in [0.1, 0.15) is 5.56 Å². The number of benzene rings is 1. The van der Waals surface area contributed by atoms with Crippen LogP contribution in [0.15, 0.2) is 21.6 Å². The third kappa shape index (κ3) is 3.18. The Kier molecular flexibility index (Phi) is 3.96. The fourth-order valence-electron chi connectivity index (χ4n) is 0.925. The van der Waals surface area contributed by atoms with Crippen LogP contribution in [0.5, 0.6) is 0 Å². The number of nitrogens with zero attached hydrogens (tertiary/aromatic N) is 1. The van der Waals surface area contributed by atoms with Crippen molar-refractivity contribution in [1.82, 2.24) is 0 Å². The van der Waals surface area contributed by atoms with Gasteiger partial charge in [0.25, 0.3) is 0 Å². The quantitative estimate of drug-likeness (QED) is 0.524. The van der Waals surface area contributed by atoms with Crippen LogP contribution in [0, 0.1) is 12.7 Å². The van der Waals surface area contributed by atoms with Gasteiger partial charge in [-0.15, -0.1) is 0 Å². The standard InChI is InChI=1S/C9H5BrClF4N/c1-4-2-5(10)6(12)3-7(4)16-8(11)9(13,14)15/h2-3H,1H3. The molecule has 0 spiro atoms. The lowest BCUT2D eigenvalue weighted by atomic mass is 10.2. The van der Waals surface area contributed by atoms with Gasteiger partial charge in [0, 0.05) is 6.07 Å². The molecule has 0 aromatic heterocycles. The van der Waals surface area contributed by atoms with Crippen LogP contribution >= 0.6 is 27.5 Å². The first-order valence-electron chi connectivity index (χ1n) is 3.99. The Labute approximate surface area is 102 Å². The van der Waals surface area contributed by atoms with E-state index in [0.29, 0.717) is 5.56 Å². The highest BCUT2D eigenvalue weighted by atomic mass is 79.9. The Morgan fingerprint density at radius 2 is 1.94 bits per heavy atom. The van der Waals surface area contributed by atoms with Crippen molar-refractivity contribution in [2.75, 3.05) is 0 Å². The van der Waals surface area contributed by atoms with Crippen molar-refractivity contribution >= 4 is 38.4 Å². The molecular weight excluding hydrogens is 313 g/mol. The summed E-state index contributed by atoms with van der Waals surface area (Å²) in [6, 6.07) is 2.21. The van der Waals surface area contributed by atoms with Gasteiger partial charge in [-0.2, -0.15) is 13.2 Å². The molecule has 0 heterocycles. The summed E-state index contributed by atoms with van der Waals surface area (Å²) in [5.74, 6) is -0.698. The predicted molar refractivity (Wildman–Crippen MR) is 57.8 cm³/mol. The fraction of sp³-hybridized carbons (Fsp3) is 0.222. The molecule has 0 N–H and O–H groups in total. The van der Waals surface area contributed by atoms with Crippen LogP contribution in [-0.4, -0.2) is 11.3 Å². The highest BCUT2D eigenvalue weighted by Crippen LogP contribution is 2.29. The Balaban J connectivity index is 3.21. The second-order valence-corrected chi connectivity index (χ2v) is 4.17. The molecule has 88 valence electrons. The summed E-state index contributed by atoms with van der Waals surface area (Å²) in [4.78, 5) is 3.13. The predicted octanol–water partition coefficient (Wildman–Crippen LogP) is 4.73. The molecule has 1 aromatic rings. The zero-order valence-corrected chi connectivity index (χ0v) is 10.2. The summed E-state index contributed by atoms with van der Waals surface area (Å²) in [5.41, 5.74) is 0.235. The van der Waals surface area contributed by atoms with Gasteiger partial charge < -0.3 is 0 Å². The lowest BCUT2D eigenvalue weighted by molar-refractivity contribution is -0.0558. The maximum atomic E-state index is 13.1. The van der Waals surface area contributed by atoms with E-state index in [2.05, 4.69) is 20.9 Å². The third-order valence-corrected chi connectivity index (χ3v) is 2.60. The Bertz CT molecular complexity index is 442. The number of rotatable bonds is 1. The molecule has 0 unspecified atom stereocenters. The molecule has 0 amide bonds. The minimum absolute atomic E-state index is 0.150. The third-order valence-electron chi connectivity index (χ3n) is 1.69. The van der Waals surface area contributed by atoms with E-state index >= 15 is 0 Å². The molecule has 0 aliphatic carbocycles. The summed E-state index contributed by atoms with van der Waals surface area (Å²) in [6.45, 7) is 1.50. The number of hydrogen-bond donors (Lipinski definition) is 0. The van der Waals surface area contributed by atoms with Gasteiger partial charge in [-0.05, 0) is 34.5 Å². The van der Waals surface area contributed by atoms with Crippen LogP contribution in [0.25, 0.3) is 0 Å². The molecule has 0 fully saturated rings. The lowest BCUT2D eigenvalue weighted by Gasteiger charge is -2.06. The topological polar surface area (TPSA) is 12.4 Å². The average Bonchev–Trinajstić information content (AvgIpc) is 2.12. The lowest BCUT2D eigenvalue weighted by Crippen LogP contribution is -2.16. The first-order chi connectivity index (χ1) is 7.21. The highest BCUT2D eigenvalue weighted by Gasteiger charge is 2.34. The van der Waals surface area contributed by atoms with Gasteiger partial charge in [-0.25, -0.2) is 9.38 Å². The largest absolute Gasteiger partial charge is 0.444 e. The van der Waals surface area contributed by atoms with Gasteiger partial charge >= 0.3 is 6.18 Å².